The van der Waals surface area contributed by atoms with Gasteiger partial charge >= 0.3 is 0 Å². The van der Waals surface area contributed by atoms with Crippen LogP contribution in [0.2, 0.25) is 0 Å². The summed E-state index contributed by atoms with van der Waals surface area (Å²) in [4.78, 5) is 39.0. The third kappa shape index (κ3) is 9.26. The summed E-state index contributed by atoms with van der Waals surface area (Å²) in [6, 6.07) is 7.64. The Morgan fingerprint density at radius 3 is 2.68 bits per heavy atom. The van der Waals surface area contributed by atoms with Crippen molar-refractivity contribution in [2.75, 3.05) is 43.9 Å². The average molecular weight is 597 g/mol. The Morgan fingerprint density at radius 1 is 1.20 bits per heavy atom. The lowest BCUT2D eigenvalue weighted by Gasteiger charge is -2.28. The Morgan fingerprint density at radius 2 is 1.98 bits per heavy atom. The number of oxazole rings is 1. The van der Waals surface area contributed by atoms with Gasteiger partial charge in [0.25, 0.3) is 0 Å². The number of hydrogen-bond donors (Lipinski definition) is 2. The molecule has 41 heavy (non-hydrogen) atoms. The predicted molar refractivity (Wildman–Crippen MR) is 166 cm³/mol. The lowest BCUT2D eigenvalue weighted by atomic mass is 9.94. The number of aromatic nitrogens is 2. The smallest absolute Gasteiger partial charge is 0.248 e. The van der Waals surface area contributed by atoms with E-state index in [-0.39, 0.29) is 23.1 Å². The minimum absolute atomic E-state index is 0.0517. The van der Waals surface area contributed by atoms with Gasteiger partial charge in [-0.3, -0.25) is 14.5 Å². The number of thiazole rings is 1. The second-order valence-electron chi connectivity index (χ2n) is 11.4. The summed E-state index contributed by atoms with van der Waals surface area (Å²) in [6.07, 6.45) is 8.58. The largest absolute Gasteiger partial charge is 0.444 e. The molecule has 3 heterocycles. The minimum atomic E-state index is -0.186. The Hall–Kier alpha value is -2.99. The Labute approximate surface area is 250 Å². The third-order valence-corrected chi connectivity index (χ3v) is 8.76. The maximum Gasteiger partial charge on any atom is 0.248 e. The van der Waals surface area contributed by atoms with Crippen molar-refractivity contribution in [1.29, 1.82) is 0 Å². The summed E-state index contributed by atoms with van der Waals surface area (Å²) in [7, 11) is 3.90. The van der Waals surface area contributed by atoms with E-state index >= 15 is 0 Å². The van der Waals surface area contributed by atoms with Crippen LogP contribution < -0.4 is 15.5 Å². The maximum absolute atomic E-state index is 13.8. The number of carbonyl (C=O) groups excluding carboxylic acids is 2. The van der Waals surface area contributed by atoms with E-state index in [4.69, 9.17) is 4.42 Å². The summed E-state index contributed by atoms with van der Waals surface area (Å²) < 4.78 is 6.93. The number of thioether (sulfide) groups is 1. The molecule has 11 heteroatoms. The monoisotopic (exact) mass is 596 g/mol. The molecule has 0 unspecified atom stereocenters. The van der Waals surface area contributed by atoms with Crippen molar-refractivity contribution in [2.24, 2.45) is 5.92 Å². The van der Waals surface area contributed by atoms with E-state index in [1.54, 1.807) is 22.9 Å². The normalized spacial score (nSPS) is 14.6. The highest BCUT2D eigenvalue weighted by molar-refractivity contribution is 8.00. The van der Waals surface area contributed by atoms with Gasteiger partial charge in [0, 0.05) is 29.6 Å². The summed E-state index contributed by atoms with van der Waals surface area (Å²) in [6.45, 7) is 9.01. The number of likely N-dealkylation sites (N-methyl/N-ethyl adjacent to an activating group) is 1. The molecule has 0 bridgehead atoms. The number of rotatable bonds is 11. The number of carbonyl (C=O) groups is 2. The van der Waals surface area contributed by atoms with Gasteiger partial charge in [-0.2, -0.15) is 0 Å². The van der Waals surface area contributed by atoms with Crippen molar-refractivity contribution in [3.05, 3.63) is 66.0 Å². The van der Waals surface area contributed by atoms with E-state index in [1.807, 2.05) is 55.5 Å². The third-order valence-electron chi connectivity index (χ3n) is 6.56. The van der Waals surface area contributed by atoms with Gasteiger partial charge in [-0.05, 0) is 57.7 Å². The van der Waals surface area contributed by atoms with Crippen LogP contribution in [-0.2, 0) is 27.3 Å². The molecular weight excluding hydrogens is 557 g/mol. The predicted octanol–water partition coefficient (Wildman–Crippen LogP) is 5.31. The fourth-order valence-electron chi connectivity index (χ4n) is 4.31. The molecule has 1 aromatic carbocycles. The first-order chi connectivity index (χ1) is 19.6. The molecule has 1 aliphatic rings. The Kier molecular flexibility index (Phi) is 10.8. The first-order valence-corrected chi connectivity index (χ1v) is 15.7. The zero-order valence-electron chi connectivity index (χ0n) is 24.5. The van der Waals surface area contributed by atoms with Gasteiger partial charge in [0.05, 0.1) is 28.9 Å². The summed E-state index contributed by atoms with van der Waals surface area (Å²) in [5, 5.41) is 6.93. The first kappa shape index (κ1) is 31.0. The molecule has 2 N–H and O–H groups in total. The standard InChI is InChI=1S/C30H40N6O3S2/c1-30(2,3)24-17-32-26(39-24)20-40-27-18-33-29(41-27)36(28(38)22-11-13-31-14-12-22)19-21-8-6-9-23(16-21)34-25(37)10-7-15-35(4)5/h6-10,16-18,22,31H,11-15,19-20H2,1-5H3,(H,34,37)/b10-7+. The van der Waals surface area contributed by atoms with E-state index in [1.165, 1.54) is 17.4 Å². The number of hydrogen-bond acceptors (Lipinski definition) is 9. The topological polar surface area (TPSA) is 104 Å². The molecule has 0 atom stereocenters. The van der Waals surface area contributed by atoms with E-state index in [0.717, 1.165) is 41.5 Å². The lowest BCUT2D eigenvalue weighted by Crippen LogP contribution is -2.40. The number of nitrogens with zero attached hydrogens (tertiary/aromatic N) is 4. The number of piperidine rings is 1. The van der Waals surface area contributed by atoms with Crippen molar-refractivity contribution in [1.82, 2.24) is 20.2 Å². The molecule has 0 aliphatic carbocycles. The van der Waals surface area contributed by atoms with Crippen molar-refractivity contribution < 1.29 is 14.0 Å². The summed E-state index contributed by atoms with van der Waals surface area (Å²) >= 11 is 3.10. The number of benzene rings is 1. The van der Waals surface area contributed by atoms with Crippen molar-refractivity contribution >= 4 is 45.7 Å². The van der Waals surface area contributed by atoms with Gasteiger partial charge in [-0.1, -0.05) is 50.3 Å². The van der Waals surface area contributed by atoms with Crippen LogP contribution in [0.5, 0.6) is 0 Å². The lowest BCUT2D eigenvalue weighted by molar-refractivity contribution is -0.123. The SMILES string of the molecule is CN(C)C/C=C/C(=O)Nc1cccc(CN(C(=O)C2CCNCC2)c2ncc(SCc3ncc(C(C)(C)C)o3)s2)c1. The van der Waals surface area contributed by atoms with Crippen LogP contribution in [0.15, 0.2) is 57.4 Å². The van der Waals surface area contributed by atoms with Crippen LogP contribution in [0.1, 0.15) is 50.8 Å². The molecule has 0 radical (unpaired) electrons. The van der Waals surface area contributed by atoms with Gasteiger partial charge < -0.3 is 20.0 Å². The molecule has 1 aliphatic heterocycles. The number of amides is 2. The maximum atomic E-state index is 13.8. The molecule has 1 saturated heterocycles. The average Bonchev–Trinajstić information content (AvgIpc) is 3.61. The molecule has 4 rings (SSSR count). The van der Waals surface area contributed by atoms with Gasteiger partial charge in [-0.15, -0.1) is 11.8 Å². The molecule has 220 valence electrons. The molecule has 3 aromatic rings. The van der Waals surface area contributed by atoms with E-state index in [2.05, 4.69) is 41.4 Å². The fraction of sp³-hybridized carbons (Fsp3) is 0.467. The molecule has 2 amide bonds. The van der Waals surface area contributed by atoms with E-state index in [9.17, 15) is 9.59 Å². The van der Waals surface area contributed by atoms with Gasteiger partial charge in [0.2, 0.25) is 17.7 Å². The van der Waals surface area contributed by atoms with Gasteiger partial charge in [-0.25, -0.2) is 9.97 Å². The molecule has 0 spiro atoms. The summed E-state index contributed by atoms with van der Waals surface area (Å²) in [5.41, 5.74) is 1.51. The number of anilines is 2. The van der Waals surface area contributed by atoms with Crippen LogP contribution in [0.25, 0.3) is 0 Å². The van der Waals surface area contributed by atoms with E-state index < -0.39 is 0 Å². The van der Waals surface area contributed by atoms with Crippen molar-refractivity contribution in [2.45, 2.75) is 55.5 Å². The fourth-order valence-corrected chi connectivity index (χ4v) is 6.13. The number of nitrogens with one attached hydrogen (secondary N) is 2. The first-order valence-electron chi connectivity index (χ1n) is 13.9. The van der Waals surface area contributed by atoms with Crippen LogP contribution in [0.3, 0.4) is 0 Å². The van der Waals surface area contributed by atoms with Crippen molar-refractivity contribution in [3.8, 4) is 0 Å². The molecule has 1 fully saturated rings. The van der Waals surface area contributed by atoms with Crippen LogP contribution >= 0.6 is 23.1 Å². The van der Waals surface area contributed by atoms with Crippen LogP contribution in [0.4, 0.5) is 10.8 Å². The van der Waals surface area contributed by atoms with Crippen LogP contribution in [0, 0.1) is 5.92 Å². The molecule has 2 aromatic heterocycles. The molecule has 0 saturated carbocycles. The second-order valence-corrected chi connectivity index (χ2v) is 13.7. The van der Waals surface area contributed by atoms with E-state index in [0.29, 0.717) is 35.6 Å². The highest BCUT2D eigenvalue weighted by Crippen LogP contribution is 2.35. The quantitative estimate of drug-likeness (QED) is 0.227. The van der Waals surface area contributed by atoms with Crippen LogP contribution in [-0.4, -0.2) is 60.4 Å². The Bertz CT molecular complexity index is 1340. The highest BCUT2D eigenvalue weighted by atomic mass is 32.2. The van der Waals surface area contributed by atoms with Gasteiger partial charge in [0.1, 0.15) is 5.76 Å². The second kappa shape index (κ2) is 14.3. The molecule has 9 nitrogen and oxygen atoms in total. The van der Waals surface area contributed by atoms with Gasteiger partial charge in [0.15, 0.2) is 5.13 Å². The zero-order valence-corrected chi connectivity index (χ0v) is 26.1. The summed E-state index contributed by atoms with van der Waals surface area (Å²) in [5.74, 6) is 1.97. The minimum Gasteiger partial charge on any atom is -0.444 e. The highest BCUT2D eigenvalue weighted by Gasteiger charge is 2.29. The zero-order chi connectivity index (χ0) is 29.4. The molecular formula is C30H40N6O3S2. The van der Waals surface area contributed by atoms with Crippen molar-refractivity contribution in [3.63, 3.8) is 0 Å². The Balaban J connectivity index is 1.48.